The highest BCUT2D eigenvalue weighted by Crippen LogP contribution is 2.62. The average Bonchev–Trinajstić information content (AvgIpc) is 3.55. The Hall–Kier alpha value is -2.44. The third kappa shape index (κ3) is 2.77. The summed E-state index contributed by atoms with van der Waals surface area (Å²) >= 11 is 2.75. The Morgan fingerprint density at radius 2 is 1.40 bits per heavy atom. The number of carbonyl (C=O) groups excluding carboxylic acids is 2. The molecule has 0 amide bonds. The number of esters is 2. The van der Waals surface area contributed by atoms with E-state index in [1.54, 1.807) is 12.1 Å². The molecule has 152 valence electrons. The molecule has 4 unspecified atom stereocenters. The first-order valence-electron chi connectivity index (χ1n) is 10.3. The van der Waals surface area contributed by atoms with Gasteiger partial charge in [0, 0.05) is 11.8 Å². The predicted octanol–water partition coefficient (Wildman–Crippen LogP) is 5.17. The van der Waals surface area contributed by atoms with Crippen LogP contribution in [-0.2, 0) is 15.9 Å². The molecule has 2 bridgehead atoms. The van der Waals surface area contributed by atoms with Gasteiger partial charge in [0.2, 0.25) is 0 Å². The molecule has 30 heavy (non-hydrogen) atoms. The fraction of sp³-hybridized carbons (Fsp3) is 0.333. The summed E-state index contributed by atoms with van der Waals surface area (Å²) in [6, 6.07) is 15.8. The van der Waals surface area contributed by atoms with Crippen molar-refractivity contribution in [2.75, 3.05) is 0 Å². The van der Waals surface area contributed by atoms with Gasteiger partial charge >= 0.3 is 11.9 Å². The predicted molar refractivity (Wildman–Crippen MR) is 115 cm³/mol. The smallest absolute Gasteiger partial charge is 0.348 e. The maximum absolute atomic E-state index is 12.8. The van der Waals surface area contributed by atoms with E-state index in [2.05, 4.69) is 24.3 Å². The van der Waals surface area contributed by atoms with E-state index in [0.29, 0.717) is 21.6 Å². The van der Waals surface area contributed by atoms with Gasteiger partial charge in [-0.15, -0.1) is 22.7 Å². The Morgan fingerprint density at radius 1 is 0.767 bits per heavy atom. The van der Waals surface area contributed by atoms with Crippen molar-refractivity contribution in [1.82, 2.24) is 0 Å². The number of thiophene rings is 2. The van der Waals surface area contributed by atoms with E-state index >= 15 is 0 Å². The van der Waals surface area contributed by atoms with Crippen LogP contribution in [0.5, 0.6) is 0 Å². The van der Waals surface area contributed by atoms with Gasteiger partial charge in [0.1, 0.15) is 22.0 Å². The highest BCUT2D eigenvalue weighted by atomic mass is 32.1. The number of rotatable bonds is 4. The van der Waals surface area contributed by atoms with Crippen molar-refractivity contribution in [3.8, 4) is 0 Å². The van der Waals surface area contributed by atoms with Gasteiger partial charge in [0.25, 0.3) is 0 Å². The summed E-state index contributed by atoms with van der Waals surface area (Å²) in [4.78, 5) is 26.7. The molecule has 0 saturated heterocycles. The molecule has 6 atom stereocenters. The van der Waals surface area contributed by atoms with Gasteiger partial charge in [-0.25, -0.2) is 9.59 Å². The van der Waals surface area contributed by atoms with Gasteiger partial charge in [0.05, 0.1) is 0 Å². The molecule has 2 aromatic heterocycles. The first-order chi connectivity index (χ1) is 14.7. The molecule has 2 saturated carbocycles. The molecule has 6 rings (SSSR count). The zero-order chi connectivity index (χ0) is 20.2. The first-order valence-corrected chi connectivity index (χ1v) is 12.0. The number of fused-ring (bicyclic) bond motifs is 7. The largest absolute Gasteiger partial charge is 0.454 e. The molecular weight excluding hydrogens is 416 g/mol. The number of ether oxygens (including phenoxy) is 2. The SMILES string of the molecule is O=C(O[C@@H]1C2CC(C3c4ccccc4CC32)[C@@H]1OC(=O)c1cccs1)c1cccs1. The summed E-state index contributed by atoms with van der Waals surface area (Å²) in [5.74, 6) is 0.606. The van der Waals surface area contributed by atoms with Crippen LogP contribution in [0.1, 0.15) is 42.8 Å². The fourth-order valence-corrected chi connectivity index (χ4v) is 7.13. The minimum Gasteiger partial charge on any atom is -0.454 e. The van der Waals surface area contributed by atoms with Gasteiger partial charge in [-0.3, -0.25) is 0 Å². The molecule has 2 heterocycles. The summed E-state index contributed by atoms with van der Waals surface area (Å²) < 4.78 is 12.1. The molecule has 0 N–H and O–H groups in total. The molecule has 1 aromatic carbocycles. The minimum absolute atomic E-state index is 0.189. The quantitative estimate of drug-likeness (QED) is 0.530. The molecule has 4 nitrogen and oxygen atoms in total. The van der Waals surface area contributed by atoms with Gasteiger partial charge in [-0.1, -0.05) is 36.4 Å². The Bertz CT molecular complexity index is 1090. The van der Waals surface area contributed by atoms with E-state index in [1.165, 1.54) is 33.8 Å². The van der Waals surface area contributed by atoms with Crippen LogP contribution >= 0.6 is 22.7 Å². The van der Waals surface area contributed by atoms with E-state index in [1.807, 2.05) is 22.9 Å². The Balaban J connectivity index is 1.32. The van der Waals surface area contributed by atoms with E-state index < -0.39 is 6.10 Å². The maximum Gasteiger partial charge on any atom is 0.348 e. The van der Waals surface area contributed by atoms with E-state index in [-0.39, 0.29) is 29.9 Å². The molecule has 3 aliphatic carbocycles. The summed E-state index contributed by atoms with van der Waals surface area (Å²) in [6.45, 7) is 0. The highest BCUT2D eigenvalue weighted by Gasteiger charge is 2.63. The lowest BCUT2D eigenvalue weighted by Gasteiger charge is -2.37. The van der Waals surface area contributed by atoms with Gasteiger partial charge in [-0.2, -0.15) is 0 Å². The van der Waals surface area contributed by atoms with E-state index in [0.717, 1.165) is 12.8 Å². The van der Waals surface area contributed by atoms with Crippen LogP contribution in [0.4, 0.5) is 0 Å². The second-order valence-corrected chi connectivity index (χ2v) is 10.2. The average molecular weight is 437 g/mol. The van der Waals surface area contributed by atoms with Crippen LogP contribution in [0.3, 0.4) is 0 Å². The normalized spacial score (nSPS) is 30.7. The lowest BCUT2D eigenvalue weighted by Crippen LogP contribution is -2.45. The lowest BCUT2D eigenvalue weighted by atomic mass is 9.76. The molecule has 3 aliphatic rings. The lowest BCUT2D eigenvalue weighted by molar-refractivity contribution is -0.0694. The molecule has 6 heteroatoms. The van der Waals surface area contributed by atoms with Crippen LogP contribution in [0.2, 0.25) is 0 Å². The van der Waals surface area contributed by atoms with Crippen molar-refractivity contribution >= 4 is 34.6 Å². The third-order valence-corrected chi connectivity index (χ3v) is 8.69. The summed E-state index contributed by atoms with van der Waals surface area (Å²) in [7, 11) is 0. The van der Waals surface area contributed by atoms with Crippen LogP contribution in [0.15, 0.2) is 59.3 Å². The molecule has 3 aromatic rings. The minimum atomic E-state index is -0.402. The van der Waals surface area contributed by atoms with Crippen LogP contribution in [0, 0.1) is 17.8 Å². The van der Waals surface area contributed by atoms with Crippen LogP contribution in [0.25, 0.3) is 0 Å². The monoisotopic (exact) mass is 436 g/mol. The van der Waals surface area contributed by atoms with Crippen LogP contribution < -0.4 is 0 Å². The molecule has 0 aliphatic heterocycles. The fourth-order valence-electron chi connectivity index (χ4n) is 5.92. The highest BCUT2D eigenvalue weighted by molar-refractivity contribution is 7.12. The zero-order valence-corrected chi connectivity index (χ0v) is 17.7. The topological polar surface area (TPSA) is 52.6 Å². The van der Waals surface area contributed by atoms with Crippen molar-refractivity contribution in [1.29, 1.82) is 0 Å². The Kier molecular flexibility index (Phi) is 4.32. The standard InChI is InChI=1S/C24H20O4S2/c25-23(18-7-3-9-29-18)27-21-16-12-17(22(21)28-24(26)19-8-4-10-30-19)20-14-6-2-1-5-13(14)11-15(16)20/h1-10,15-17,20-22H,11-12H2/t15?,16?,17?,20?,21-,22+/m1/s1. The molecule has 0 radical (unpaired) electrons. The second kappa shape index (κ2) is 7.06. The first kappa shape index (κ1) is 18.3. The molecule has 0 spiro atoms. The summed E-state index contributed by atoms with van der Waals surface area (Å²) in [5, 5.41) is 3.74. The van der Waals surface area contributed by atoms with Gasteiger partial charge < -0.3 is 9.47 Å². The zero-order valence-electron chi connectivity index (χ0n) is 16.1. The summed E-state index contributed by atoms with van der Waals surface area (Å²) in [5.41, 5.74) is 2.77. The van der Waals surface area contributed by atoms with Crippen molar-refractivity contribution in [3.05, 3.63) is 80.2 Å². The maximum atomic E-state index is 12.8. The van der Waals surface area contributed by atoms with Crippen molar-refractivity contribution in [3.63, 3.8) is 0 Å². The number of hydrogen-bond acceptors (Lipinski definition) is 6. The molecular formula is C24H20O4S2. The molecule has 2 fully saturated rings. The Morgan fingerprint density at radius 3 is 2.03 bits per heavy atom. The van der Waals surface area contributed by atoms with E-state index in [4.69, 9.17) is 9.47 Å². The van der Waals surface area contributed by atoms with Crippen molar-refractivity contribution < 1.29 is 19.1 Å². The van der Waals surface area contributed by atoms with Crippen LogP contribution in [-0.4, -0.2) is 24.1 Å². The number of benzene rings is 1. The van der Waals surface area contributed by atoms with Gasteiger partial charge in [0.15, 0.2) is 0 Å². The van der Waals surface area contributed by atoms with Crippen molar-refractivity contribution in [2.45, 2.75) is 31.0 Å². The van der Waals surface area contributed by atoms with Crippen molar-refractivity contribution in [2.24, 2.45) is 17.8 Å². The number of hydrogen-bond donors (Lipinski definition) is 0. The van der Waals surface area contributed by atoms with Gasteiger partial charge in [-0.05, 0) is 58.7 Å². The second-order valence-electron chi connectivity index (χ2n) is 8.35. The third-order valence-electron chi connectivity index (χ3n) is 6.99. The summed E-state index contributed by atoms with van der Waals surface area (Å²) in [6.07, 6.45) is 1.17. The Labute approximate surface area is 182 Å². The number of carbonyl (C=O) groups is 2. The van der Waals surface area contributed by atoms with E-state index in [9.17, 15) is 9.59 Å².